The summed E-state index contributed by atoms with van der Waals surface area (Å²) >= 11 is 1.83. The van der Waals surface area contributed by atoms with Crippen LogP contribution in [0.25, 0.3) is 5.57 Å². The number of rotatable bonds is 7. The summed E-state index contributed by atoms with van der Waals surface area (Å²) in [5, 5.41) is 10.9. The number of Topliss-reactive ketones (excluding diaryl/α,β-unsaturated/α-hetero) is 1. The van der Waals surface area contributed by atoms with Crippen LogP contribution in [0.3, 0.4) is 0 Å². The maximum absolute atomic E-state index is 13.1. The van der Waals surface area contributed by atoms with Gasteiger partial charge in [0.05, 0.1) is 5.57 Å². The van der Waals surface area contributed by atoms with Gasteiger partial charge in [0.1, 0.15) is 5.76 Å². The topological polar surface area (TPSA) is 37.3 Å². The molecule has 2 aromatic carbocycles. The molecule has 3 rings (SSSR count). The lowest BCUT2D eigenvalue weighted by molar-refractivity contribution is -0.115. The van der Waals surface area contributed by atoms with Gasteiger partial charge in [0, 0.05) is 17.7 Å². The average molecular weight is 467 g/mol. The number of allylic oxidation sites excluding steroid dienone is 2. The fraction of sp³-hybridized carbons (Fsp3) is 0.500. The van der Waals surface area contributed by atoms with Gasteiger partial charge in [0.15, 0.2) is 5.78 Å². The molecule has 0 bridgehead atoms. The van der Waals surface area contributed by atoms with Gasteiger partial charge in [-0.15, -0.1) is 11.8 Å². The molecule has 1 aliphatic carbocycles. The Morgan fingerprint density at radius 3 is 1.97 bits per heavy atom. The van der Waals surface area contributed by atoms with Crippen molar-refractivity contribution in [1.29, 1.82) is 0 Å². The SMILES string of the molecule is CC(C)C.CCc1cc(C)cc(CC)c1C1=C(O)CC(CCSc2ccc(C)cc2)CC1=O. The third-order valence-corrected chi connectivity index (χ3v) is 6.84. The highest BCUT2D eigenvalue weighted by Gasteiger charge is 2.30. The van der Waals surface area contributed by atoms with Crippen molar-refractivity contribution in [3.8, 4) is 0 Å². The van der Waals surface area contributed by atoms with E-state index in [0.29, 0.717) is 24.2 Å². The normalized spacial score (nSPS) is 16.1. The second-order valence-electron chi connectivity index (χ2n) is 9.87. The van der Waals surface area contributed by atoms with Gasteiger partial charge in [-0.2, -0.15) is 0 Å². The molecule has 0 aromatic heterocycles. The molecule has 0 aliphatic heterocycles. The van der Waals surface area contributed by atoms with Gasteiger partial charge in [-0.25, -0.2) is 0 Å². The Morgan fingerprint density at radius 1 is 0.939 bits per heavy atom. The van der Waals surface area contributed by atoms with Crippen LogP contribution < -0.4 is 0 Å². The highest BCUT2D eigenvalue weighted by Crippen LogP contribution is 2.38. The monoisotopic (exact) mass is 466 g/mol. The predicted octanol–water partition coefficient (Wildman–Crippen LogP) is 8.52. The fourth-order valence-corrected chi connectivity index (χ4v) is 5.27. The molecule has 2 aromatic rings. The van der Waals surface area contributed by atoms with Crippen molar-refractivity contribution in [3.63, 3.8) is 0 Å². The zero-order valence-electron chi connectivity index (χ0n) is 21.6. The Kier molecular flexibility index (Phi) is 10.8. The molecule has 33 heavy (non-hydrogen) atoms. The number of hydrogen-bond donors (Lipinski definition) is 1. The van der Waals surface area contributed by atoms with Crippen LogP contribution in [0.4, 0.5) is 0 Å². The summed E-state index contributed by atoms with van der Waals surface area (Å²) in [4.78, 5) is 14.3. The molecular weight excluding hydrogens is 424 g/mol. The number of aliphatic hydroxyl groups excluding tert-OH is 1. The van der Waals surface area contributed by atoms with E-state index in [2.05, 4.69) is 84.9 Å². The highest BCUT2D eigenvalue weighted by atomic mass is 32.2. The second-order valence-corrected chi connectivity index (χ2v) is 11.0. The Morgan fingerprint density at radius 2 is 1.48 bits per heavy atom. The molecule has 1 aliphatic rings. The van der Waals surface area contributed by atoms with Gasteiger partial charge in [-0.1, -0.05) is 70.0 Å². The molecule has 1 N–H and O–H groups in total. The minimum absolute atomic E-state index is 0.104. The predicted molar refractivity (Wildman–Crippen MR) is 144 cm³/mol. The maximum atomic E-state index is 13.1. The molecule has 0 saturated carbocycles. The number of ketones is 1. The molecule has 0 heterocycles. The van der Waals surface area contributed by atoms with Crippen molar-refractivity contribution in [1.82, 2.24) is 0 Å². The first-order valence-electron chi connectivity index (χ1n) is 12.4. The van der Waals surface area contributed by atoms with Crippen LogP contribution in [0.15, 0.2) is 47.1 Å². The highest BCUT2D eigenvalue weighted by molar-refractivity contribution is 7.99. The van der Waals surface area contributed by atoms with E-state index >= 15 is 0 Å². The molecule has 180 valence electrons. The summed E-state index contributed by atoms with van der Waals surface area (Å²) in [6.45, 7) is 14.9. The van der Waals surface area contributed by atoms with E-state index in [1.807, 2.05) is 11.8 Å². The molecule has 3 heteroatoms. The van der Waals surface area contributed by atoms with Crippen LogP contribution in [-0.2, 0) is 17.6 Å². The molecule has 0 radical (unpaired) electrons. The van der Waals surface area contributed by atoms with Crippen molar-refractivity contribution < 1.29 is 9.90 Å². The minimum Gasteiger partial charge on any atom is -0.512 e. The van der Waals surface area contributed by atoms with Gasteiger partial charge >= 0.3 is 0 Å². The summed E-state index contributed by atoms with van der Waals surface area (Å²) in [5.74, 6) is 2.42. The molecule has 0 spiro atoms. The molecule has 1 atom stereocenters. The summed E-state index contributed by atoms with van der Waals surface area (Å²) in [5.41, 5.74) is 6.41. The van der Waals surface area contributed by atoms with Crippen LogP contribution in [-0.4, -0.2) is 16.6 Å². The Balaban J connectivity index is 0.000000890. The number of aliphatic hydroxyl groups is 1. The summed E-state index contributed by atoms with van der Waals surface area (Å²) < 4.78 is 0. The first-order valence-corrected chi connectivity index (χ1v) is 13.4. The van der Waals surface area contributed by atoms with E-state index in [9.17, 15) is 9.90 Å². The van der Waals surface area contributed by atoms with Crippen molar-refractivity contribution in [3.05, 3.63) is 70.0 Å². The molecule has 0 fully saturated rings. The van der Waals surface area contributed by atoms with Crippen LogP contribution in [0.2, 0.25) is 0 Å². The van der Waals surface area contributed by atoms with Crippen LogP contribution in [0.1, 0.15) is 81.7 Å². The van der Waals surface area contributed by atoms with Crippen molar-refractivity contribution in [2.45, 2.75) is 85.5 Å². The lowest BCUT2D eigenvalue weighted by Crippen LogP contribution is -2.21. The number of thioether (sulfide) groups is 1. The number of carbonyl (C=O) groups excluding carboxylic acids is 1. The first-order chi connectivity index (χ1) is 15.7. The number of hydrogen-bond acceptors (Lipinski definition) is 3. The molecule has 0 amide bonds. The van der Waals surface area contributed by atoms with E-state index in [-0.39, 0.29) is 11.7 Å². The third-order valence-electron chi connectivity index (χ3n) is 5.80. The maximum Gasteiger partial charge on any atom is 0.167 e. The molecule has 0 saturated heterocycles. The largest absolute Gasteiger partial charge is 0.512 e. The standard InChI is InChI=1S/C26H32O2S.C4H10/c1-5-20-13-18(4)14-21(6-2)25(20)26-23(27)15-19(16-24(26)28)11-12-29-22-9-7-17(3)8-10-22;1-4(2)3/h7-10,13-14,19,27H,5-6,11-12,15-16H2,1-4H3;4H,1-3H3. The molecular formula is C30H42O2S. The van der Waals surface area contributed by atoms with Crippen molar-refractivity contribution >= 4 is 23.1 Å². The van der Waals surface area contributed by atoms with E-state index in [1.165, 1.54) is 27.1 Å². The fourth-order valence-electron chi connectivity index (χ4n) is 4.26. The van der Waals surface area contributed by atoms with E-state index in [0.717, 1.165) is 36.5 Å². The first kappa shape index (κ1) is 27.2. The van der Waals surface area contributed by atoms with Gasteiger partial charge < -0.3 is 5.11 Å². The number of carbonyl (C=O) groups is 1. The van der Waals surface area contributed by atoms with Crippen LogP contribution >= 0.6 is 11.8 Å². The van der Waals surface area contributed by atoms with Crippen molar-refractivity contribution in [2.24, 2.45) is 11.8 Å². The zero-order chi connectivity index (χ0) is 24.5. The zero-order valence-corrected chi connectivity index (χ0v) is 22.4. The number of aryl methyl sites for hydroxylation is 4. The Hall–Kier alpha value is -2.00. The molecule has 2 nitrogen and oxygen atoms in total. The smallest absolute Gasteiger partial charge is 0.167 e. The lowest BCUT2D eigenvalue weighted by atomic mass is 9.79. The lowest BCUT2D eigenvalue weighted by Gasteiger charge is -2.26. The van der Waals surface area contributed by atoms with Gasteiger partial charge in [0.2, 0.25) is 0 Å². The van der Waals surface area contributed by atoms with Gasteiger partial charge in [-0.05, 0) is 79.5 Å². The van der Waals surface area contributed by atoms with E-state index in [1.54, 1.807) is 0 Å². The summed E-state index contributed by atoms with van der Waals surface area (Å²) in [6.07, 6.45) is 3.82. The summed E-state index contributed by atoms with van der Waals surface area (Å²) in [7, 11) is 0. The van der Waals surface area contributed by atoms with Gasteiger partial charge in [0.25, 0.3) is 0 Å². The third kappa shape index (κ3) is 8.07. The Bertz CT molecular complexity index is 926. The average Bonchev–Trinajstić information content (AvgIpc) is 2.74. The van der Waals surface area contributed by atoms with Gasteiger partial charge in [-0.3, -0.25) is 4.79 Å². The minimum atomic E-state index is 0.104. The quantitative estimate of drug-likeness (QED) is 0.415. The van der Waals surface area contributed by atoms with Crippen molar-refractivity contribution in [2.75, 3.05) is 5.75 Å². The molecule has 1 unspecified atom stereocenters. The van der Waals surface area contributed by atoms with Crippen LogP contribution in [0, 0.1) is 25.7 Å². The summed E-state index contributed by atoms with van der Waals surface area (Å²) in [6, 6.07) is 12.9. The Labute approximate surface area is 205 Å². The van der Waals surface area contributed by atoms with Crippen LogP contribution in [0.5, 0.6) is 0 Å². The van der Waals surface area contributed by atoms with E-state index in [4.69, 9.17) is 0 Å². The number of benzene rings is 2. The van der Waals surface area contributed by atoms with E-state index < -0.39 is 0 Å². The second kappa shape index (κ2) is 13.0.